The molecule has 16 heavy (non-hydrogen) atoms. The van der Waals surface area contributed by atoms with Crippen molar-refractivity contribution < 1.29 is 33.3 Å². The molecule has 0 aromatic rings. The Morgan fingerprint density at radius 1 is 1.44 bits per heavy atom. The molecule has 7 nitrogen and oxygen atoms in total. The van der Waals surface area contributed by atoms with E-state index in [1.165, 1.54) is 14.0 Å². The number of ether oxygens (including phenoxy) is 5. The maximum atomic E-state index is 11.0. The summed E-state index contributed by atoms with van der Waals surface area (Å²) in [5.41, 5.74) is 0. The fourth-order valence-corrected chi connectivity index (χ4v) is 1.77. The molecule has 0 unspecified atom stereocenters. The summed E-state index contributed by atoms with van der Waals surface area (Å²) in [4.78, 5) is 21.9. The molecule has 0 aromatic heterocycles. The Morgan fingerprint density at radius 3 is 2.81 bits per heavy atom. The number of carbonyl (C=O) groups is 2. The van der Waals surface area contributed by atoms with Crippen LogP contribution >= 0.6 is 0 Å². The summed E-state index contributed by atoms with van der Waals surface area (Å²) < 4.78 is 25.0. The molecule has 0 radical (unpaired) electrons. The van der Waals surface area contributed by atoms with Crippen molar-refractivity contribution in [1.82, 2.24) is 0 Å². The van der Waals surface area contributed by atoms with E-state index in [-0.39, 0.29) is 6.61 Å². The van der Waals surface area contributed by atoms with Crippen LogP contribution < -0.4 is 0 Å². The third-order valence-electron chi connectivity index (χ3n) is 2.40. The molecule has 2 aliphatic rings. The predicted molar refractivity (Wildman–Crippen MR) is 47.4 cm³/mol. The molecule has 0 aliphatic carbocycles. The Hall–Kier alpha value is -1.34. The van der Waals surface area contributed by atoms with Gasteiger partial charge in [-0.25, -0.2) is 4.79 Å². The van der Waals surface area contributed by atoms with Crippen LogP contribution in [-0.4, -0.2) is 50.4 Å². The Morgan fingerprint density at radius 2 is 2.19 bits per heavy atom. The highest BCUT2D eigenvalue weighted by molar-refractivity contribution is 5.67. The molecule has 2 heterocycles. The first-order chi connectivity index (χ1) is 7.61. The monoisotopic (exact) mass is 232 g/mol. The average Bonchev–Trinajstić information content (AvgIpc) is 2.59. The van der Waals surface area contributed by atoms with Crippen LogP contribution in [0.25, 0.3) is 0 Å². The van der Waals surface area contributed by atoms with E-state index < -0.39 is 36.7 Å². The lowest BCUT2D eigenvalue weighted by atomic mass is 10.1. The molecule has 0 saturated carbocycles. The molecular formula is C9H12O7. The molecule has 0 spiro atoms. The zero-order valence-corrected chi connectivity index (χ0v) is 8.87. The number of carbonyl (C=O) groups excluding carboxylic acids is 2. The van der Waals surface area contributed by atoms with Gasteiger partial charge in [0.1, 0.15) is 0 Å². The third-order valence-corrected chi connectivity index (χ3v) is 2.40. The van der Waals surface area contributed by atoms with Crippen LogP contribution in [0.2, 0.25) is 0 Å². The molecule has 4 atom stereocenters. The third kappa shape index (κ3) is 1.96. The first kappa shape index (κ1) is 11.2. The topological polar surface area (TPSA) is 80.3 Å². The molecule has 2 saturated heterocycles. The highest BCUT2D eigenvalue weighted by Gasteiger charge is 2.51. The average molecular weight is 232 g/mol. The van der Waals surface area contributed by atoms with Crippen molar-refractivity contribution in [1.29, 1.82) is 0 Å². The molecule has 2 rings (SSSR count). The lowest BCUT2D eigenvalue weighted by Crippen LogP contribution is -2.53. The van der Waals surface area contributed by atoms with E-state index in [9.17, 15) is 9.59 Å². The van der Waals surface area contributed by atoms with Crippen molar-refractivity contribution in [2.75, 3.05) is 13.7 Å². The van der Waals surface area contributed by atoms with Gasteiger partial charge in [0.15, 0.2) is 24.6 Å². The van der Waals surface area contributed by atoms with Crippen LogP contribution in [0.3, 0.4) is 0 Å². The maximum absolute atomic E-state index is 11.0. The fraction of sp³-hybridized carbons (Fsp3) is 0.778. The Balaban J connectivity index is 2.12. The normalized spacial score (nSPS) is 37.2. The smallest absolute Gasteiger partial charge is 0.453 e. The second-order valence-corrected chi connectivity index (χ2v) is 3.50. The maximum Gasteiger partial charge on any atom is 0.509 e. The van der Waals surface area contributed by atoms with Crippen LogP contribution in [0.5, 0.6) is 0 Å². The minimum Gasteiger partial charge on any atom is -0.453 e. The molecule has 2 fully saturated rings. The van der Waals surface area contributed by atoms with E-state index in [0.717, 1.165) is 0 Å². The van der Waals surface area contributed by atoms with Gasteiger partial charge < -0.3 is 23.7 Å². The van der Waals surface area contributed by atoms with Gasteiger partial charge in [0, 0.05) is 14.0 Å². The predicted octanol–water partition coefficient (Wildman–Crippen LogP) is -0.175. The lowest BCUT2D eigenvalue weighted by Gasteiger charge is -2.34. The Bertz CT molecular complexity index is 302. The van der Waals surface area contributed by atoms with Crippen molar-refractivity contribution in [3.05, 3.63) is 0 Å². The van der Waals surface area contributed by atoms with Crippen LogP contribution in [0.1, 0.15) is 6.92 Å². The number of esters is 1. The largest absolute Gasteiger partial charge is 0.509 e. The van der Waals surface area contributed by atoms with Crippen LogP contribution in [0, 0.1) is 0 Å². The number of rotatable bonds is 2. The summed E-state index contributed by atoms with van der Waals surface area (Å²) in [6.45, 7) is 1.42. The minimum absolute atomic E-state index is 0.159. The van der Waals surface area contributed by atoms with Gasteiger partial charge in [-0.15, -0.1) is 0 Å². The second kappa shape index (κ2) is 4.26. The van der Waals surface area contributed by atoms with Crippen molar-refractivity contribution in [2.24, 2.45) is 0 Å². The van der Waals surface area contributed by atoms with Crippen molar-refractivity contribution in [3.8, 4) is 0 Å². The van der Waals surface area contributed by atoms with E-state index in [0.29, 0.717) is 0 Å². The van der Waals surface area contributed by atoms with E-state index in [1.54, 1.807) is 0 Å². The standard InChI is InChI=1S/C9H12O7/c1-4(10)14-7-6-5(15-9(11)16-6)3-13-8(7)12-2/h5-8H,3H2,1-2H3/t5-,6-,7+,8-/m0/s1. The van der Waals surface area contributed by atoms with Crippen LogP contribution in [0.4, 0.5) is 4.79 Å². The van der Waals surface area contributed by atoms with Gasteiger partial charge in [-0.2, -0.15) is 0 Å². The quantitative estimate of drug-likeness (QED) is 0.611. The highest BCUT2D eigenvalue weighted by Crippen LogP contribution is 2.28. The van der Waals surface area contributed by atoms with Gasteiger partial charge >= 0.3 is 12.1 Å². The first-order valence-corrected chi connectivity index (χ1v) is 4.80. The first-order valence-electron chi connectivity index (χ1n) is 4.80. The fourth-order valence-electron chi connectivity index (χ4n) is 1.77. The summed E-state index contributed by atoms with van der Waals surface area (Å²) in [6, 6.07) is 0. The molecule has 7 heteroatoms. The molecule has 0 N–H and O–H groups in total. The summed E-state index contributed by atoms with van der Waals surface area (Å²) in [6.07, 6.45) is -3.56. The zero-order valence-electron chi connectivity index (χ0n) is 8.87. The molecule has 2 aliphatic heterocycles. The van der Waals surface area contributed by atoms with Crippen LogP contribution in [-0.2, 0) is 28.5 Å². The number of hydrogen-bond donors (Lipinski definition) is 0. The van der Waals surface area contributed by atoms with E-state index >= 15 is 0 Å². The molecule has 0 aromatic carbocycles. The van der Waals surface area contributed by atoms with Gasteiger partial charge in [-0.3, -0.25) is 4.79 Å². The van der Waals surface area contributed by atoms with Gasteiger partial charge in [-0.05, 0) is 0 Å². The SMILES string of the molecule is CO[C@H]1OC[C@@H]2OC(=O)O[C@@H]2[C@H]1OC(C)=O. The summed E-state index contributed by atoms with van der Waals surface area (Å²) in [7, 11) is 1.42. The highest BCUT2D eigenvalue weighted by atomic mass is 16.8. The van der Waals surface area contributed by atoms with Crippen molar-refractivity contribution in [2.45, 2.75) is 31.5 Å². The second-order valence-electron chi connectivity index (χ2n) is 3.50. The van der Waals surface area contributed by atoms with Gasteiger partial charge in [0.25, 0.3) is 0 Å². The van der Waals surface area contributed by atoms with Crippen molar-refractivity contribution in [3.63, 3.8) is 0 Å². The zero-order chi connectivity index (χ0) is 11.7. The van der Waals surface area contributed by atoms with Gasteiger partial charge in [0.2, 0.25) is 0 Å². The van der Waals surface area contributed by atoms with E-state index in [1.807, 2.05) is 0 Å². The molecule has 0 bridgehead atoms. The number of hydrogen-bond acceptors (Lipinski definition) is 7. The number of fused-ring (bicyclic) bond motifs is 1. The van der Waals surface area contributed by atoms with Gasteiger partial charge in [0.05, 0.1) is 6.61 Å². The van der Waals surface area contributed by atoms with E-state index in [4.69, 9.17) is 23.7 Å². The number of methoxy groups -OCH3 is 1. The van der Waals surface area contributed by atoms with Gasteiger partial charge in [-0.1, -0.05) is 0 Å². The minimum atomic E-state index is -0.798. The Labute approximate surface area is 91.5 Å². The summed E-state index contributed by atoms with van der Waals surface area (Å²) in [5.74, 6) is -0.501. The summed E-state index contributed by atoms with van der Waals surface area (Å²) in [5, 5.41) is 0. The molecular weight excluding hydrogens is 220 g/mol. The summed E-state index contributed by atoms with van der Waals surface area (Å²) >= 11 is 0. The van der Waals surface area contributed by atoms with Crippen LogP contribution in [0.15, 0.2) is 0 Å². The molecule has 90 valence electrons. The van der Waals surface area contributed by atoms with Crippen molar-refractivity contribution >= 4 is 12.1 Å². The molecule has 0 amide bonds. The Kier molecular flexibility index (Phi) is 2.97. The van der Waals surface area contributed by atoms with E-state index in [2.05, 4.69) is 0 Å². The lowest BCUT2D eigenvalue weighted by molar-refractivity contribution is -0.249.